The van der Waals surface area contributed by atoms with Crippen LogP contribution in [0.3, 0.4) is 0 Å². The Morgan fingerprint density at radius 3 is 2.12 bits per heavy atom. The SMILES string of the molecule is N#C/C(=C\c1ccccc1)Cc1ccccc1. The Morgan fingerprint density at radius 2 is 1.53 bits per heavy atom. The van der Waals surface area contributed by atoms with Gasteiger partial charge in [-0.05, 0) is 17.2 Å². The van der Waals surface area contributed by atoms with Crippen molar-refractivity contribution in [2.45, 2.75) is 6.42 Å². The largest absolute Gasteiger partial charge is 0.193 e. The second-order valence-corrected chi connectivity index (χ2v) is 3.85. The Kier molecular flexibility index (Phi) is 3.72. The minimum absolute atomic E-state index is 0.687. The fraction of sp³-hybridized carbons (Fsp3) is 0.0625. The highest BCUT2D eigenvalue weighted by molar-refractivity contribution is 5.57. The van der Waals surface area contributed by atoms with Crippen molar-refractivity contribution in [3.05, 3.63) is 77.4 Å². The molecule has 1 heteroatoms. The maximum absolute atomic E-state index is 9.13. The Hall–Kier alpha value is -2.33. The number of nitrogens with zero attached hydrogens (tertiary/aromatic N) is 1. The summed E-state index contributed by atoms with van der Waals surface area (Å²) in [6.07, 6.45) is 2.62. The van der Waals surface area contributed by atoms with Gasteiger partial charge in [0.25, 0.3) is 0 Å². The van der Waals surface area contributed by atoms with Crippen LogP contribution in [-0.2, 0) is 6.42 Å². The van der Waals surface area contributed by atoms with Crippen molar-refractivity contribution in [3.8, 4) is 6.07 Å². The van der Waals surface area contributed by atoms with Gasteiger partial charge in [0.1, 0.15) is 0 Å². The zero-order valence-corrected chi connectivity index (χ0v) is 9.51. The second-order valence-electron chi connectivity index (χ2n) is 3.85. The van der Waals surface area contributed by atoms with Crippen LogP contribution in [0.2, 0.25) is 0 Å². The summed E-state index contributed by atoms with van der Waals surface area (Å²) < 4.78 is 0. The van der Waals surface area contributed by atoms with Crippen molar-refractivity contribution in [3.63, 3.8) is 0 Å². The molecule has 0 aliphatic rings. The molecule has 0 fully saturated rings. The van der Waals surface area contributed by atoms with Gasteiger partial charge in [-0.3, -0.25) is 0 Å². The van der Waals surface area contributed by atoms with Gasteiger partial charge in [0.15, 0.2) is 0 Å². The van der Waals surface area contributed by atoms with Gasteiger partial charge in [0, 0.05) is 12.0 Å². The monoisotopic (exact) mass is 219 g/mol. The molecule has 0 spiro atoms. The van der Waals surface area contributed by atoms with Gasteiger partial charge in [0.05, 0.1) is 6.07 Å². The Morgan fingerprint density at radius 1 is 0.941 bits per heavy atom. The lowest BCUT2D eigenvalue weighted by Crippen LogP contribution is -1.87. The van der Waals surface area contributed by atoms with Crippen LogP contribution in [-0.4, -0.2) is 0 Å². The maximum atomic E-state index is 9.13. The number of allylic oxidation sites excluding steroid dienone is 1. The summed E-state index contributed by atoms with van der Waals surface area (Å²) in [6.45, 7) is 0. The number of nitriles is 1. The van der Waals surface area contributed by atoms with Gasteiger partial charge < -0.3 is 0 Å². The van der Waals surface area contributed by atoms with Crippen LogP contribution in [0.15, 0.2) is 66.2 Å². The van der Waals surface area contributed by atoms with Crippen molar-refractivity contribution in [2.24, 2.45) is 0 Å². The summed E-state index contributed by atoms with van der Waals surface area (Å²) in [7, 11) is 0. The first-order valence-corrected chi connectivity index (χ1v) is 5.58. The standard InChI is InChI=1S/C16H13N/c17-13-16(11-14-7-3-1-4-8-14)12-15-9-5-2-6-10-15/h1-11H,12H2/b16-11-. The van der Waals surface area contributed by atoms with Crippen LogP contribution < -0.4 is 0 Å². The van der Waals surface area contributed by atoms with Crippen LogP contribution in [0.5, 0.6) is 0 Å². The lowest BCUT2D eigenvalue weighted by atomic mass is 10.0. The average Bonchev–Trinajstić information content (AvgIpc) is 2.40. The molecule has 17 heavy (non-hydrogen) atoms. The Labute approximate surface area is 102 Å². The predicted octanol–water partition coefficient (Wildman–Crippen LogP) is 3.84. The molecule has 0 atom stereocenters. The fourth-order valence-corrected chi connectivity index (χ4v) is 1.69. The molecule has 0 bridgehead atoms. The molecule has 0 aliphatic heterocycles. The van der Waals surface area contributed by atoms with Crippen molar-refractivity contribution in [1.29, 1.82) is 5.26 Å². The van der Waals surface area contributed by atoms with E-state index in [0.717, 1.165) is 16.7 Å². The van der Waals surface area contributed by atoms with Gasteiger partial charge in [-0.25, -0.2) is 0 Å². The van der Waals surface area contributed by atoms with E-state index in [1.807, 2.05) is 66.7 Å². The Balaban J connectivity index is 2.19. The fourth-order valence-electron chi connectivity index (χ4n) is 1.69. The molecule has 0 saturated heterocycles. The second kappa shape index (κ2) is 5.67. The van der Waals surface area contributed by atoms with Gasteiger partial charge in [-0.2, -0.15) is 5.26 Å². The van der Waals surface area contributed by atoms with E-state index in [2.05, 4.69) is 6.07 Å². The summed E-state index contributed by atoms with van der Waals surface area (Å²) >= 11 is 0. The number of rotatable bonds is 3. The molecule has 82 valence electrons. The molecule has 0 aliphatic carbocycles. The first-order chi connectivity index (χ1) is 8.38. The molecule has 0 heterocycles. The summed E-state index contributed by atoms with van der Waals surface area (Å²) in [4.78, 5) is 0. The number of benzene rings is 2. The van der Waals surface area contributed by atoms with Crippen LogP contribution >= 0.6 is 0 Å². The van der Waals surface area contributed by atoms with E-state index < -0.39 is 0 Å². The first-order valence-electron chi connectivity index (χ1n) is 5.58. The topological polar surface area (TPSA) is 23.8 Å². The smallest absolute Gasteiger partial charge is 0.0950 e. The van der Waals surface area contributed by atoms with Crippen LogP contribution in [0.1, 0.15) is 11.1 Å². The molecule has 0 amide bonds. The third-order valence-corrected chi connectivity index (χ3v) is 2.52. The average molecular weight is 219 g/mol. The summed E-state index contributed by atoms with van der Waals surface area (Å²) in [5, 5.41) is 9.13. The van der Waals surface area contributed by atoms with Crippen molar-refractivity contribution in [1.82, 2.24) is 0 Å². The van der Waals surface area contributed by atoms with E-state index in [1.54, 1.807) is 0 Å². The quantitative estimate of drug-likeness (QED) is 0.719. The zero-order valence-electron chi connectivity index (χ0n) is 9.51. The van der Waals surface area contributed by atoms with E-state index >= 15 is 0 Å². The molecule has 2 aromatic rings. The Bertz CT molecular complexity index is 533. The van der Waals surface area contributed by atoms with Gasteiger partial charge >= 0.3 is 0 Å². The number of hydrogen-bond acceptors (Lipinski definition) is 1. The van der Waals surface area contributed by atoms with Crippen LogP contribution in [0, 0.1) is 11.3 Å². The van der Waals surface area contributed by atoms with Crippen LogP contribution in [0.25, 0.3) is 6.08 Å². The zero-order chi connectivity index (χ0) is 11.9. The highest BCUT2D eigenvalue weighted by Crippen LogP contribution is 2.11. The molecule has 0 radical (unpaired) electrons. The minimum Gasteiger partial charge on any atom is -0.193 e. The molecular weight excluding hydrogens is 206 g/mol. The lowest BCUT2D eigenvalue weighted by Gasteiger charge is -1.99. The molecule has 0 aromatic heterocycles. The normalized spacial score (nSPS) is 10.9. The van der Waals surface area contributed by atoms with Crippen LogP contribution in [0.4, 0.5) is 0 Å². The van der Waals surface area contributed by atoms with Crippen molar-refractivity contribution < 1.29 is 0 Å². The number of hydrogen-bond donors (Lipinski definition) is 0. The summed E-state index contributed by atoms with van der Waals surface area (Å²) in [5.74, 6) is 0. The lowest BCUT2D eigenvalue weighted by molar-refractivity contribution is 1.21. The van der Waals surface area contributed by atoms with E-state index in [0.29, 0.717) is 6.42 Å². The van der Waals surface area contributed by atoms with E-state index in [1.165, 1.54) is 0 Å². The van der Waals surface area contributed by atoms with Gasteiger partial charge in [-0.1, -0.05) is 60.7 Å². The van der Waals surface area contributed by atoms with E-state index in [-0.39, 0.29) is 0 Å². The summed E-state index contributed by atoms with van der Waals surface area (Å²) in [6, 6.07) is 22.2. The molecule has 0 N–H and O–H groups in total. The molecule has 2 aromatic carbocycles. The molecular formula is C16H13N. The van der Waals surface area contributed by atoms with Gasteiger partial charge in [-0.15, -0.1) is 0 Å². The third kappa shape index (κ3) is 3.32. The van der Waals surface area contributed by atoms with E-state index in [4.69, 9.17) is 5.26 Å². The first kappa shape index (κ1) is 11.2. The highest BCUT2D eigenvalue weighted by atomic mass is 14.2. The highest BCUT2D eigenvalue weighted by Gasteiger charge is 1.98. The summed E-state index contributed by atoms with van der Waals surface area (Å²) in [5.41, 5.74) is 3.01. The van der Waals surface area contributed by atoms with E-state index in [9.17, 15) is 0 Å². The van der Waals surface area contributed by atoms with Crippen molar-refractivity contribution >= 4 is 6.08 Å². The third-order valence-electron chi connectivity index (χ3n) is 2.52. The minimum atomic E-state index is 0.687. The molecule has 2 rings (SSSR count). The van der Waals surface area contributed by atoms with Gasteiger partial charge in [0.2, 0.25) is 0 Å². The maximum Gasteiger partial charge on any atom is 0.0950 e. The molecule has 1 nitrogen and oxygen atoms in total. The van der Waals surface area contributed by atoms with Crippen molar-refractivity contribution in [2.75, 3.05) is 0 Å². The molecule has 0 unspecified atom stereocenters. The molecule has 0 saturated carbocycles. The predicted molar refractivity (Wildman–Crippen MR) is 70.2 cm³/mol.